The minimum atomic E-state index is -3.75. The largest absolute Gasteiger partial charge is 0.365 e. The van der Waals surface area contributed by atoms with Crippen molar-refractivity contribution in [3.63, 3.8) is 0 Å². The van der Waals surface area contributed by atoms with E-state index < -0.39 is 10.0 Å². The maximum atomic E-state index is 11.5. The van der Waals surface area contributed by atoms with Gasteiger partial charge in [0.05, 0.1) is 0 Å². The molecule has 1 aromatic heterocycles. The van der Waals surface area contributed by atoms with Gasteiger partial charge in [0.1, 0.15) is 10.7 Å². The molecule has 1 aromatic rings. The quantitative estimate of drug-likeness (QED) is 0.847. The van der Waals surface area contributed by atoms with Crippen molar-refractivity contribution >= 4 is 15.8 Å². The van der Waals surface area contributed by atoms with Crippen LogP contribution < -0.4 is 10.5 Å². The van der Waals surface area contributed by atoms with E-state index in [1.54, 1.807) is 12.3 Å². The lowest BCUT2D eigenvalue weighted by Gasteiger charge is -2.29. The van der Waals surface area contributed by atoms with Crippen LogP contribution >= 0.6 is 0 Å². The molecule has 6 nitrogen and oxygen atoms in total. The van der Waals surface area contributed by atoms with Gasteiger partial charge in [0.2, 0.25) is 10.0 Å². The molecule has 1 atom stereocenters. The monoisotopic (exact) mass is 298 g/mol. The Bertz CT molecular complexity index is 541. The van der Waals surface area contributed by atoms with Crippen LogP contribution in [-0.4, -0.2) is 44.0 Å². The standard InChI is InChI=1S/C13H22N4O2S/c1-11(10-17-8-3-2-4-9-17)16-13-12(20(14,18)19)6-5-7-15-13/h5-7,11H,2-4,8-10H2,1H3,(H,15,16)(H2,14,18,19). The van der Waals surface area contributed by atoms with Crippen LogP contribution in [0.3, 0.4) is 0 Å². The minimum absolute atomic E-state index is 0.0468. The lowest BCUT2D eigenvalue weighted by molar-refractivity contribution is 0.223. The van der Waals surface area contributed by atoms with Crippen molar-refractivity contribution in [2.75, 3.05) is 25.0 Å². The van der Waals surface area contributed by atoms with Crippen LogP contribution in [-0.2, 0) is 10.0 Å². The van der Waals surface area contributed by atoms with E-state index in [2.05, 4.69) is 15.2 Å². The molecule has 0 aliphatic carbocycles. The Labute approximate surface area is 120 Å². The van der Waals surface area contributed by atoms with E-state index in [-0.39, 0.29) is 10.9 Å². The number of piperidine rings is 1. The van der Waals surface area contributed by atoms with E-state index in [4.69, 9.17) is 5.14 Å². The summed E-state index contributed by atoms with van der Waals surface area (Å²) in [6.45, 7) is 5.11. The van der Waals surface area contributed by atoms with Gasteiger partial charge in [-0.1, -0.05) is 6.42 Å². The molecule has 20 heavy (non-hydrogen) atoms. The summed E-state index contributed by atoms with van der Waals surface area (Å²) in [6, 6.07) is 3.15. The number of primary sulfonamides is 1. The fraction of sp³-hybridized carbons (Fsp3) is 0.615. The smallest absolute Gasteiger partial charge is 0.241 e. The van der Waals surface area contributed by atoms with E-state index in [1.807, 2.05) is 6.92 Å². The second-order valence-electron chi connectivity index (χ2n) is 5.30. The number of nitrogens with one attached hydrogen (secondary N) is 1. The number of likely N-dealkylation sites (tertiary alicyclic amines) is 1. The first-order valence-electron chi connectivity index (χ1n) is 6.93. The van der Waals surface area contributed by atoms with Crippen molar-refractivity contribution < 1.29 is 8.42 Å². The number of hydrogen-bond acceptors (Lipinski definition) is 5. The minimum Gasteiger partial charge on any atom is -0.365 e. The first-order valence-corrected chi connectivity index (χ1v) is 8.48. The highest BCUT2D eigenvalue weighted by Crippen LogP contribution is 2.18. The normalized spacial score (nSPS) is 18.7. The molecule has 3 N–H and O–H groups in total. The van der Waals surface area contributed by atoms with Gasteiger partial charge < -0.3 is 10.2 Å². The highest BCUT2D eigenvalue weighted by atomic mass is 32.2. The number of anilines is 1. The first kappa shape index (κ1) is 15.2. The van der Waals surface area contributed by atoms with Gasteiger partial charge in [0.25, 0.3) is 0 Å². The molecule has 0 radical (unpaired) electrons. The Morgan fingerprint density at radius 2 is 2.10 bits per heavy atom. The van der Waals surface area contributed by atoms with Crippen molar-refractivity contribution in [2.45, 2.75) is 37.1 Å². The Morgan fingerprint density at radius 3 is 2.75 bits per heavy atom. The van der Waals surface area contributed by atoms with Gasteiger partial charge in [0, 0.05) is 18.8 Å². The highest BCUT2D eigenvalue weighted by molar-refractivity contribution is 7.89. The van der Waals surface area contributed by atoms with E-state index in [1.165, 1.54) is 25.3 Å². The van der Waals surface area contributed by atoms with Crippen LogP contribution in [0, 0.1) is 0 Å². The Kier molecular flexibility index (Phi) is 4.95. The number of nitrogens with zero attached hydrogens (tertiary/aromatic N) is 2. The molecule has 0 spiro atoms. The van der Waals surface area contributed by atoms with E-state index >= 15 is 0 Å². The van der Waals surface area contributed by atoms with Crippen LogP contribution in [0.4, 0.5) is 5.82 Å². The molecule has 1 fully saturated rings. The molecule has 112 valence electrons. The maximum absolute atomic E-state index is 11.5. The Morgan fingerprint density at radius 1 is 1.40 bits per heavy atom. The summed E-state index contributed by atoms with van der Waals surface area (Å²) < 4.78 is 23.0. The summed E-state index contributed by atoms with van der Waals surface area (Å²) in [6.07, 6.45) is 5.33. The van der Waals surface area contributed by atoms with Crippen molar-refractivity contribution in [3.8, 4) is 0 Å². The molecule has 0 amide bonds. The fourth-order valence-electron chi connectivity index (χ4n) is 2.54. The average Bonchev–Trinajstić information content (AvgIpc) is 2.39. The van der Waals surface area contributed by atoms with Gasteiger partial charge in [-0.25, -0.2) is 18.5 Å². The molecule has 0 saturated carbocycles. The number of rotatable bonds is 5. The van der Waals surface area contributed by atoms with Gasteiger partial charge in [-0.05, 0) is 45.0 Å². The molecule has 7 heteroatoms. The summed E-state index contributed by atoms with van der Waals surface area (Å²) in [5.74, 6) is 0.333. The van der Waals surface area contributed by atoms with Gasteiger partial charge in [-0.15, -0.1) is 0 Å². The van der Waals surface area contributed by atoms with Gasteiger partial charge in [-0.3, -0.25) is 0 Å². The Hall–Kier alpha value is -1.18. The molecule has 1 aliphatic rings. The third-order valence-electron chi connectivity index (χ3n) is 3.44. The van der Waals surface area contributed by atoms with Crippen LogP contribution in [0.2, 0.25) is 0 Å². The molecule has 1 saturated heterocycles. The lowest BCUT2D eigenvalue weighted by Crippen LogP contribution is -2.38. The van der Waals surface area contributed by atoms with Crippen molar-refractivity contribution in [3.05, 3.63) is 18.3 Å². The summed E-state index contributed by atoms with van der Waals surface area (Å²) in [7, 11) is -3.75. The van der Waals surface area contributed by atoms with Crippen LogP contribution in [0.25, 0.3) is 0 Å². The molecular weight excluding hydrogens is 276 g/mol. The molecule has 0 aromatic carbocycles. The van der Waals surface area contributed by atoms with Gasteiger partial charge >= 0.3 is 0 Å². The van der Waals surface area contributed by atoms with Crippen molar-refractivity contribution in [2.24, 2.45) is 5.14 Å². The summed E-state index contributed by atoms with van der Waals surface area (Å²) in [5, 5.41) is 8.35. The fourth-order valence-corrected chi connectivity index (χ4v) is 3.19. The molecule has 1 unspecified atom stereocenters. The average molecular weight is 298 g/mol. The first-order chi connectivity index (χ1) is 9.47. The molecular formula is C13H22N4O2S. The molecule has 0 bridgehead atoms. The maximum Gasteiger partial charge on any atom is 0.241 e. The van der Waals surface area contributed by atoms with Gasteiger partial charge in [-0.2, -0.15) is 0 Å². The summed E-state index contributed by atoms with van der Waals surface area (Å²) >= 11 is 0. The molecule has 1 aliphatic heterocycles. The van der Waals surface area contributed by atoms with Crippen molar-refractivity contribution in [1.29, 1.82) is 0 Å². The Balaban J connectivity index is 2.02. The lowest BCUT2D eigenvalue weighted by atomic mass is 10.1. The SMILES string of the molecule is CC(CN1CCCCC1)Nc1ncccc1S(N)(=O)=O. The number of nitrogens with two attached hydrogens (primary N) is 1. The zero-order valence-electron chi connectivity index (χ0n) is 11.7. The summed E-state index contributed by atoms with van der Waals surface area (Å²) in [4.78, 5) is 6.53. The zero-order valence-corrected chi connectivity index (χ0v) is 12.6. The number of hydrogen-bond donors (Lipinski definition) is 2. The predicted octanol–water partition coefficient (Wildman–Crippen LogP) is 1.02. The topological polar surface area (TPSA) is 88.3 Å². The third-order valence-corrected chi connectivity index (χ3v) is 4.38. The van der Waals surface area contributed by atoms with Crippen LogP contribution in [0.1, 0.15) is 26.2 Å². The number of pyridine rings is 1. The predicted molar refractivity (Wildman–Crippen MR) is 79.0 cm³/mol. The second-order valence-corrected chi connectivity index (χ2v) is 6.83. The third kappa shape index (κ3) is 4.16. The van der Waals surface area contributed by atoms with E-state index in [9.17, 15) is 8.42 Å². The number of aromatic nitrogens is 1. The van der Waals surface area contributed by atoms with Gasteiger partial charge in [0.15, 0.2) is 0 Å². The van der Waals surface area contributed by atoms with E-state index in [0.717, 1.165) is 19.6 Å². The zero-order chi connectivity index (χ0) is 14.6. The number of sulfonamides is 1. The summed E-state index contributed by atoms with van der Waals surface area (Å²) in [5.41, 5.74) is 0. The van der Waals surface area contributed by atoms with E-state index in [0.29, 0.717) is 5.82 Å². The second kappa shape index (κ2) is 6.51. The molecule has 2 heterocycles. The van der Waals surface area contributed by atoms with Crippen molar-refractivity contribution in [1.82, 2.24) is 9.88 Å². The van der Waals surface area contributed by atoms with Crippen LogP contribution in [0.15, 0.2) is 23.2 Å². The van der Waals surface area contributed by atoms with Crippen LogP contribution in [0.5, 0.6) is 0 Å². The highest BCUT2D eigenvalue weighted by Gasteiger charge is 2.18. The molecule has 2 rings (SSSR count).